The lowest BCUT2D eigenvalue weighted by molar-refractivity contribution is -0.142. The zero-order chi connectivity index (χ0) is 32.3. The first-order chi connectivity index (χ1) is 20.7. The van der Waals surface area contributed by atoms with Gasteiger partial charge in [0.25, 0.3) is 11.8 Å². The summed E-state index contributed by atoms with van der Waals surface area (Å²) in [5, 5.41) is 26.1. The monoisotopic (exact) mass is 628 g/mol. The number of nitrogens with zero attached hydrogens (tertiary/aromatic N) is 2. The number of alkyl halides is 3. The van der Waals surface area contributed by atoms with E-state index in [-0.39, 0.29) is 43.9 Å². The number of amides is 2. The molecular weight excluding hydrogens is 597 g/mol. The van der Waals surface area contributed by atoms with Gasteiger partial charge in [0.05, 0.1) is 23.5 Å². The van der Waals surface area contributed by atoms with Gasteiger partial charge in [0, 0.05) is 37.8 Å². The number of benzene rings is 3. The number of halogens is 3. The summed E-state index contributed by atoms with van der Waals surface area (Å²) >= 11 is 0. The molecule has 1 aliphatic rings. The molecule has 0 radical (unpaired) electrons. The number of anilines is 1. The van der Waals surface area contributed by atoms with Gasteiger partial charge in [-0.1, -0.05) is 36.4 Å². The van der Waals surface area contributed by atoms with Crippen molar-refractivity contribution in [2.45, 2.75) is 31.0 Å². The summed E-state index contributed by atoms with van der Waals surface area (Å²) in [7, 11) is -1.97. The van der Waals surface area contributed by atoms with Crippen LogP contribution >= 0.6 is 0 Å². The zero-order valence-electron chi connectivity index (χ0n) is 24.0. The van der Waals surface area contributed by atoms with Crippen LogP contribution in [0.15, 0.2) is 66.7 Å². The van der Waals surface area contributed by atoms with E-state index >= 15 is 0 Å². The van der Waals surface area contributed by atoms with Crippen LogP contribution < -0.4 is 10.6 Å². The minimum absolute atomic E-state index is 0.0614. The van der Waals surface area contributed by atoms with Crippen LogP contribution in [0, 0.1) is 17.2 Å². The number of hydrogen-bond acceptors (Lipinski definition) is 6. The van der Waals surface area contributed by atoms with Crippen molar-refractivity contribution >= 4 is 27.5 Å². The molecule has 2 amide bonds. The third-order valence-corrected chi connectivity index (χ3v) is 9.11. The molecule has 0 bridgehead atoms. The molecule has 1 heterocycles. The highest BCUT2D eigenvalue weighted by Crippen LogP contribution is 2.36. The van der Waals surface area contributed by atoms with E-state index in [1.54, 1.807) is 42.5 Å². The minimum atomic E-state index is -4.85. The quantitative estimate of drug-likeness (QED) is 0.342. The molecule has 0 spiro atoms. The van der Waals surface area contributed by atoms with Gasteiger partial charge in [0.1, 0.15) is 5.60 Å². The number of carbonyl (C=O) groups excluding carboxylic acids is 2. The maximum absolute atomic E-state index is 13.7. The zero-order valence-corrected chi connectivity index (χ0v) is 24.8. The predicted octanol–water partition coefficient (Wildman–Crippen LogP) is 4.19. The van der Waals surface area contributed by atoms with Crippen LogP contribution in [0.3, 0.4) is 0 Å². The Morgan fingerprint density at radius 3 is 2.25 bits per heavy atom. The molecule has 3 aromatic carbocycles. The van der Waals surface area contributed by atoms with E-state index in [1.807, 2.05) is 6.07 Å². The molecule has 0 aromatic heterocycles. The van der Waals surface area contributed by atoms with Gasteiger partial charge in [0.2, 0.25) is 10.0 Å². The molecule has 0 saturated carbocycles. The predicted molar refractivity (Wildman–Crippen MR) is 158 cm³/mol. The van der Waals surface area contributed by atoms with Crippen LogP contribution in [-0.2, 0) is 27.4 Å². The Morgan fingerprint density at radius 1 is 1.02 bits per heavy atom. The molecule has 232 valence electrons. The number of aliphatic hydroxyl groups is 1. The lowest BCUT2D eigenvalue weighted by Gasteiger charge is -2.40. The van der Waals surface area contributed by atoms with Crippen LogP contribution in [-0.4, -0.2) is 61.6 Å². The second kappa shape index (κ2) is 12.8. The van der Waals surface area contributed by atoms with Gasteiger partial charge in [-0.15, -0.1) is 0 Å². The average Bonchev–Trinajstić information content (AvgIpc) is 3.00. The van der Waals surface area contributed by atoms with Crippen LogP contribution in [0.4, 0.5) is 18.9 Å². The second-order valence-corrected chi connectivity index (χ2v) is 12.7. The number of carbonyl (C=O) groups is 2. The summed E-state index contributed by atoms with van der Waals surface area (Å²) in [4.78, 5) is 25.6. The summed E-state index contributed by atoms with van der Waals surface area (Å²) in [6, 6.07) is 18.1. The molecule has 1 aliphatic heterocycles. The van der Waals surface area contributed by atoms with E-state index in [0.29, 0.717) is 17.2 Å². The van der Waals surface area contributed by atoms with E-state index in [2.05, 4.69) is 10.6 Å². The highest BCUT2D eigenvalue weighted by atomic mass is 32.2. The summed E-state index contributed by atoms with van der Waals surface area (Å²) in [6.45, 7) is 0.123. The van der Waals surface area contributed by atoms with Crippen molar-refractivity contribution in [3.05, 3.63) is 89.0 Å². The van der Waals surface area contributed by atoms with Crippen molar-refractivity contribution in [2.24, 2.45) is 5.92 Å². The summed E-state index contributed by atoms with van der Waals surface area (Å²) < 4.78 is 66.1. The van der Waals surface area contributed by atoms with E-state index in [9.17, 15) is 36.3 Å². The van der Waals surface area contributed by atoms with Gasteiger partial charge in [0.15, 0.2) is 0 Å². The van der Waals surface area contributed by atoms with Crippen molar-refractivity contribution in [2.75, 3.05) is 31.7 Å². The third kappa shape index (κ3) is 7.27. The van der Waals surface area contributed by atoms with Gasteiger partial charge in [-0.05, 0) is 65.8 Å². The van der Waals surface area contributed by atoms with Gasteiger partial charge < -0.3 is 15.7 Å². The number of hydrogen-bond donors (Lipinski definition) is 3. The molecule has 44 heavy (non-hydrogen) atoms. The molecule has 1 unspecified atom stereocenters. The van der Waals surface area contributed by atoms with Gasteiger partial charge >= 0.3 is 6.18 Å². The fourth-order valence-corrected chi connectivity index (χ4v) is 6.27. The topological polar surface area (TPSA) is 140 Å². The molecule has 0 aliphatic carbocycles. The molecular formula is C31H31F3N4O5S. The van der Waals surface area contributed by atoms with E-state index in [4.69, 9.17) is 5.26 Å². The molecule has 9 nitrogen and oxygen atoms in total. The number of nitriles is 1. The van der Waals surface area contributed by atoms with E-state index in [1.165, 1.54) is 17.4 Å². The summed E-state index contributed by atoms with van der Waals surface area (Å²) in [6.07, 6.45) is -3.71. The highest BCUT2D eigenvalue weighted by molar-refractivity contribution is 7.88. The molecule has 1 fully saturated rings. The first-order valence-electron chi connectivity index (χ1n) is 13.7. The molecule has 4 rings (SSSR count). The Labute approximate surface area is 253 Å². The Balaban J connectivity index is 1.67. The standard InChI is InChI=1S/C31H31F3N4O5S/c1-36-28(39)22-8-6-21(7-9-22)23-5-3-4-20(16-23)18-30(41,25-12-14-38(15-13-25)44(2,42)43)29(40)37-26-11-10-24(19-35)27(17-26)31(32,33)34/h3-11,16-17,25,41H,12-15,18H2,1-2H3,(H,36,39)(H,37,40). The Morgan fingerprint density at radius 2 is 1.68 bits per heavy atom. The maximum Gasteiger partial charge on any atom is 0.417 e. The molecule has 3 N–H and O–H groups in total. The smallest absolute Gasteiger partial charge is 0.379 e. The number of nitrogens with one attached hydrogen (secondary N) is 2. The first-order valence-corrected chi connectivity index (χ1v) is 15.5. The summed E-state index contributed by atoms with van der Waals surface area (Å²) in [5.74, 6) is -1.92. The second-order valence-electron chi connectivity index (χ2n) is 10.7. The SMILES string of the molecule is CNC(=O)c1ccc(-c2cccc(CC(O)(C(=O)Nc3ccc(C#N)c(C(F)(F)F)c3)C3CCN(S(C)(=O)=O)CC3)c2)cc1. The number of piperidine rings is 1. The first kappa shape index (κ1) is 32.7. The van der Waals surface area contributed by atoms with Gasteiger partial charge in [-0.3, -0.25) is 9.59 Å². The van der Waals surface area contributed by atoms with Crippen LogP contribution in [0.25, 0.3) is 11.1 Å². The van der Waals surface area contributed by atoms with E-state index < -0.39 is 44.8 Å². The normalized spacial score (nSPS) is 16.0. The van der Waals surface area contributed by atoms with Gasteiger partial charge in [-0.2, -0.15) is 18.4 Å². The Bertz CT molecular complexity index is 1700. The summed E-state index contributed by atoms with van der Waals surface area (Å²) in [5.41, 5.74) is -1.69. The minimum Gasteiger partial charge on any atom is -0.379 e. The van der Waals surface area contributed by atoms with Crippen LogP contribution in [0.2, 0.25) is 0 Å². The van der Waals surface area contributed by atoms with Crippen molar-refractivity contribution in [1.82, 2.24) is 9.62 Å². The van der Waals surface area contributed by atoms with Crippen LogP contribution in [0.1, 0.15) is 39.9 Å². The van der Waals surface area contributed by atoms with Crippen molar-refractivity contribution in [3.63, 3.8) is 0 Å². The van der Waals surface area contributed by atoms with Crippen molar-refractivity contribution in [1.29, 1.82) is 5.26 Å². The Hall–Kier alpha value is -4.25. The Kier molecular flexibility index (Phi) is 9.48. The molecule has 1 saturated heterocycles. The average molecular weight is 629 g/mol. The van der Waals surface area contributed by atoms with E-state index in [0.717, 1.165) is 29.5 Å². The number of rotatable bonds is 8. The number of sulfonamides is 1. The molecule has 3 aromatic rings. The highest BCUT2D eigenvalue weighted by Gasteiger charge is 2.46. The molecule has 13 heteroatoms. The fourth-order valence-electron chi connectivity index (χ4n) is 5.40. The largest absolute Gasteiger partial charge is 0.417 e. The van der Waals surface area contributed by atoms with Crippen molar-refractivity contribution < 1.29 is 36.3 Å². The lowest BCUT2D eigenvalue weighted by Crippen LogP contribution is -2.54. The lowest BCUT2D eigenvalue weighted by atomic mass is 9.76. The fraction of sp³-hybridized carbons (Fsp3) is 0.323. The van der Waals surface area contributed by atoms with Crippen LogP contribution in [0.5, 0.6) is 0 Å². The van der Waals surface area contributed by atoms with Gasteiger partial charge in [-0.25, -0.2) is 12.7 Å². The maximum atomic E-state index is 13.7. The molecule has 1 atom stereocenters. The third-order valence-electron chi connectivity index (χ3n) is 7.80. The van der Waals surface area contributed by atoms with Crippen molar-refractivity contribution in [3.8, 4) is 17.2 Å².